The molecule has 2 rings (SSSR count). The minimum absolute atomic E-state index is 0.0712. The van der Waals surface area contributed by atoms with Crippen LogP contribution in [0.15, 0.2) is 18.2 Å². The number of rotatable bonds is 7. The van der Waals surface area contributed by atoms with Gasteiger partial charge < -0.3 is 31.2 Å². The number of fused-ring (bicyclic) bond motifs is 1. The van der Waals surface area contributed by atoms with E-state index in [0.717, 1.165) is 0 Å². The Bertz CT molecular complexity index is 666. The van der Waals surface area contributed by atoms with Gasteiger partial charge in [0.1, 0.15) is 6.04 Å². The van der Waals surface area contributed by atoms with E-state index in [2.05, 4.69) is 16.0 Å². The predicted octanol–water partition coefficient (Wildman–Crippen LogP) is 0.718. The van der Waals surface area contributed by atoms with Crippen molar-refractivity contribution in [2.24, 2.45) is 11.7 Å². The third kappa shape index (κ3) is 5.79. The number of hydrogen-bond acceptors (Lipinski definition) is 5. The summed E-state index contributed by atoms with van der Waals surface area (Å²) in [6, 6.07) is 4.61. The molecule has 0 aliphatic carbocycles. The molecule has 1 unspecified atom stereocenters. The van der Waals surface area contributed by atoms with Crippen molar-refractivity contribution in [2.45, 2.75) is 26.3 Å². The number of carbonyl (C=O) groups excluding carboxylic acids is 2. The minimum atomic E-state index is -0.690. The Morgan fingerprint density at radius 2 is 2.00 bits per heavy atom. The number of anilines is 1. The maximum Gasteiger partial charge on any atom is 0.240 e. The standard InChI is InChI=1S/C16H22N4O4S/c1-9(2)5-11(15(17)22)20-14(21)7-18-16(25)19-10-3-4-12-13(6-10)24-8-23-12/h3-4,6,9,11H,5,7-8H2,1-2H3,(H2,17,22)(H,20,21)(H2,18,19,25). The molecule has 0 fully saturated rings. The SMILES string of the molecule is CC(C)CC(NC(=O)CNC(=S)Nc1ccc2c(c1)OCO2)C(N)=O. The van der Waals surface area contributed by atoms with Crippen LogP contribution < -0.4 is 31.2 Å². The molecular weight excluding hydrogens is 344 g/mol. The van der Waals surface area contributed by atoms with Crippen LogP contribution in [0, 0.1) is 5.92 Å². The van der Waals surface area contributed by atoms with E-state index in [9.17, 15) is 9.59 Å². The van der Waals surface area contributed by atoms with Crippen molar-refractivity contribution >= 4 is 34.8 Å². The fraction of sp³-hybridized carbons (Fsp3) is 0.438. The molecule has 0 radical (unpaired) electrons. The summed E-state index contributed by atoms with van der Waals surface area (Å²) >= 11 is 5.15. The highest BCUT2D eigenvalue weighted by Crippen LogP contribution is 2.34. The molecule has 0 saturated heterocycles. The van der Waals surface area contributed by atoms with Crippen LogP contribution in [-0.4, -0.2) is 36.3 Å². The summed E-state index contributed by atoms with van der Waals surface area (Å²) in [6.45, 7) is 4.02. The Hall–Kier alpha value is -2.55. The summed E-state index contributed by atoms with van der Waals surface area (Å²) < 4.78 is 10.5. The lowest BCUT2D eigenvalue weighted by atomic mass is 10.0. The Morgan fingerprint density at radius 3 is 2.68 bits per heavy atom. The van der Waals surface area contributed by atoms with Crippen LogP contribution >= 0.6 is 12.2 Å². The van der Waals surface area contributed by atoms with E-state index in [4.69, 9.17) is 27.4 Å². The van der Waals surface area contributed by atoms with Crippen molar-refractivity contribution in [3.05, 3.63) is 18.2 Å². The largest absolute Gasteiger partial charge is 0.454 e. The van der Waals surface area contributed by atoms with Gasteiger partial charge in [-0.2, -0.15) is 0 Å². The molecule has 1 aliphatic rings. The smallest absolute Gasteiger partial charge is 0.240 e. The maximum atomic E-state index is 11.9. The quantitative estimate of drug-likeness (QED) is 0.526. The molecule has 0 bridgehead atoms. The van der Waals surface area contributed by atoms with Crippen LogP contribution in [0.2, 0.25) is 0 Å². The van der Waals surface area contributed by atoms with Crippen molar-refractivity contribution in [3.63, 3.8) is 0 Å². The normalized spacial score (nSPS) is 13.2. The summed E-state index contributed by atoms with van der Waals surface area (Å²) in [4.78, 5) is 23.3. The molecule has 1 atom stereocenters. The average molecular weight is 366 g/mol. The van der Waals surface area contributed by atoms with Gasteiger partial charge in [-0.3, -0.25) is 9.59 Å². The van der Waals surface area contributed by atoms with Crippen LogP contribution in [0.1, 0.15) is 20.3 Å². The van der Waals surface area contributed by atoms with E-state index in [0.29, 0.717) is 23.6 Å². The summed E-state index contributed by atoms with van der Waals surface area (Å²) in [5.74, 6) is 0.622. The van der Waals surface area contributed by atoms with E-state index >= 15 is 0 Å². The minimum Gasteiger partial charge on any atom is -0.454 e. The van der Waals surface area contributed by atoms with E-state index in [-0.39, 0.29) is 30.3 Å². The van der Waals surface area contributed by atoms with Gasteiger partial charge in [-0.25, -0.2) is 0 Å². The van der Waals surface area contributed by atoms with Gasteiger partial charge >= 0.3 is 0 Å². The third-order valence-corrected chi connectivity index (χ3v) is 3.67. The first-order valence-corrected chi connectivity index (χ1v) is 8.29. The number of carbonyl (C=O) groups is 2. The summed E-state index contributed by atoms with van der Waals surface area (Å²) in [5, 5.41) is 8.60. The van der Waals surface area contributed by atoms with Crippen LogP contribution in [0.3, 0.4) is 0 Å². The molecule has 9 heteroatoms. The number of thiocarbonyl (C=S) groups is 1. The monoisotopic (exact) mass is 366 g/mol. The number of amides is 2. The number of hydrogen-bond donors (Lipinski definition) is 4. The maximum absolute atomic E-state index is 11.9. The molecule has 8 nitrogen and oxygen atoms in total. The van der Waals surface area contributed by atoms with Crippen LogP contribution in [0.25, 0.3) is 0 Å². The lowest BCUT2D eigenvalue weighted by molar-refractivity contribution is -0.127. The van der Waals surface area contributed by atoms with E-state index < -0.39 is 11.9 Å². The van der Waals surface area contributed by atoms with E-state index in [1.165, 1.54) is 0 Å². The first-order valence-electron chi connectivity index (χ1n) is 7.88. The summed E-state index contributed by atoms with van der Waals surface area (Å²) in [5.41, 5.74) is 6.01. The van der Waals surface area contributed by atoms with Gasteiger partial charge in [-0.1, -0.05) is 13.8 Å². The molecule has 136 valence electrons. The van der Waals surface area contributed by atoms with Crippen LogP contribution in [-0.2, 0) is 9.59 Å². The molecule has 1 aliphatic heterocycles. The molecule has 1 heterocycles. The molecule has 0 aromatic heterocycles. The zero-order valence-corrected chi connectivity index (χ0v) is 14.9. The topological polar surface area (TPSA) is 115 Å². The zero-order valence-electron chi connectivity index (χ0n) is 14.1. The molecule has 0 saturated carbocycles. The average Bonchev–Trinajstić information content (AvgIpc) is 2.99. The highest BCUT2D eigenvalue weighted by molar-refractivity contribution is 7.80. The second-order valence-corrected chi connectivity index (χ2v) is 6.44. The molecule has 1 aromatic rings. The Kier molecular flexibility index (Phi) is 6.40. The van der Waals surface area contributed by atoms with Crippen molar-refractivity contribution in [1.29, 1.82) is 0 Å². The molecule has 5 N–H and O–H groups in total. The summed E-state index contributed by atoms with van der Waals surface area (Å²) in [7, 11) is 0. The van der Waals surface area contributed by atoms with Gasteiger partial charge in [0.25, 0.3) is 0 Å². The number of nitrogens with two attached hydrogens (primary N) is 1. The highest BCUT2D eigenvalue weighted by atomic mass is 32.1. The van der Waals surface area contributed by atoms with Crippen molar-refractivity contribution in [2.75, 3.05) is 18.7 Å². The van der Waals surface area contributed by atoms with Gasteiger partial charge in [-0.05, 0) is 36.7 Å². The lowest BCUT2D eigenvalue weighted by Gasteiger charge is -2.18. The second kappa shape index (κ2) is 8.52. The predicted molar refractivity (Wildman–Crippen MR) is 97.4 cm³/mol. The van der Waals surface area contributed by atoms with Gasteiger partial charge in [0, 0.05) is 11.8 Å². The number of ether oxygens (including phenoxy) is 2. The molecule has 0 spiro atoms. The van der Waals surface area contributed by atoms with E-state index in [1.54, 1.807) is 18.2 Å². The first-order chi connectivity index (χ1) is 11.8. The number of primary amides is 1. The third-order valence-electron chi connectivity index (χ3n) is 3.43. The molecular formula is C16H22N4O4S. The van der Waals surface area contributed by atoms with Crippen molar-refractivity contribution in [3.8, 4) is 11.5 Å². The van der Waals surface area contributed by atoms with Gasteiger partial charge in [0.05, 0.1) is 6.54 Å². The fourth-order valence-electron chi connectivity index (χ4n) is 2.27. The van der Waals surface area contributed by atoms with Crippen molar-refractivity contribution < 1.29 is 19.1 Å². The van der Waals surface area contributed by atoms with Crippen molar-refractivity contribution in [1.82, 2.24) is 10.6 Å². The Morgan fingerprint density at radius 1 is 1.28 bits per heavy atom. The van der Waals surface area contributed by atoms with Gasteiger partial charge in [0.2, 0.25) is 18.6 Å². The van der Waals surface area contributed by atoms with Gasteiger partial charge in [-0.15, -0.1) is 0 Å². The number of nitrogens with one attached hydrogen (secondary N) is 3. The number of benzene rings is 1. The van der Waals surface area contributed by atoms with Crippen LogP contribution in [0.4, 0.5) is 5.69 Å². The Balaban J connectivity index is 1.79. The first kappa shape index (κ1) is 18.8. The summed E-state index contributed by atoms with van der Waals surface area (Å²) in [6.07, 6.45) is 0.487. The second-order valence-electron chi connectivity index (χ2n) is 6.03. The van der Waals surface area contributed by atoms with E-state index in [1.807, 2.05) is 13.8 Å². The highest BCUT2D eigenvalue weighted by Gasteiger charge is 2.19. The lowest BCUT2D eigenvalue weighted by Crippen LogP contribution is -2.48. The Labute approximate surface area is 151 Å². The van der Waals surface area contributed by atoms with Crippen LogP contribution in [0.5, 0.6) is 11.5 Å². The molecule has 2 amide bonds. The molecule has 1 aromatic carbocycles. The fourth-order valence-corrected chi connectivity index (χ4v) is 2.46. The zero-order chi connectivity index (χ0) is 18.4. The van der Waals surface area contributed by atoms with Gasteiger partial charge in [0.15, 0.2) is 16.6 Å². The molecule has 25 heavy (non-hydrogen) atoms.